The Hall–Kier alpha value is -2.59. The maximum atomic E-state index is 6.19. The molecule has 0 spiro atoms. The number of nitrogens with one attached hydrogen (secondary N) is 1. The third kappa shape index (κ3) is 4.48. The fourth-order valence-corrected chi connectivity index (χ4v) is 2.72. The highest BCUT2D eigenvalue weighted by molar-refractivity contribution is 6.31. The second kappa shape index (κ2) is 7.99. The fraction of sp³-hybridized carbons (Fsp3) is 0.200. The van der Waals surface area contributed by atoms with Gasteiger partial charge in [0.25, 0.3) is 0 Å². The summed E-state index contributed by atoms with van der Waals surface area (Å²) in [5.74, 6) is 1.45. The molecule has 0 saturated carbocycles. The Bertz CT molecular complexity index is 836. The van der Waals surface area contributed by atoms with Gasteiger partial charge in [-0.1, -0.05) is 48.0 Å². The molecule has 1 aromatic heterocycles. The molecule has 3 aromatic rings. The quantitative estimate of drug-likeness (QED) is 0.661. The van der Waals surface area contributed by atoms with E-state index < -0.39 is 0 Å². The number of rotatable bonds is 6. The minimum atomic E-state index is 0.559. The van der Waals surface area contributed by atoms with Crippen LogP contribution in [0.15, 0.2) is 60.8 Å². The molecule has 4 nitrogen and oxygen atoms in total. The molecule has 0 amide bonds. The lowest BCUT2D eigenvalue weighted by Crippen LogP contribution is -2.23. The predicted molar refractivity (Wildman–Crippen MR) is 105 cm³/mol. The summed E-state index contributed by atoms with van der Waals surface area (Å²) in [4.78, 5) is 11.2. The average molecular weight is 353 g/mol. The SMILES string of the molecule is CCN(Cc1ccccc1)c1ccnc(Nc2ccc(C)c(Cl)c2)n1. The molecule has 0 radical (unpaired) electrons. The summed E-state index contributed by atoms with van der Waals surface area (Å²) in [5.41, 5.74) is 3.17. The number of aromatic nitrogens is 2. The molecule has 25 heavy (non-hydrogen) atoms. The van der Waals surface area contributed by atoms with Crippen LogP contribution in [-0.4, -0.2) is 16.5 Å². The summed E-state index contributed by atoms with van der Waals surface area (Å²) in [7, 11) is 0. The van der Waals surface area contributed by atoms with Gasteiger partial charge in [-0.3, -0.25) is 0 Å². The Morgan fingerprint density at radius 2 is 1.88 bits per heavy atom. The zero-order chi connectivity index (χ0) is 17.6. The molecule has 128 valence electrons. The molecule has 2 aromatic carbocycles. The van der Waals surface area contributed by atoms with Crippen LogP contribution in [0.2, 0.25) is 5.02 Å². The van der Waals surface area contributed by atoms with Crippen LogP contribution in [0.5, 0.6) is 0 Å². The Morgan fingerprint density at radius 1 is 1.08 bits per heavy atom. The molecule has 1 heterocycles. The molecular formula is C20H21ClN4. The smallest absolute Gasteiger partial charge is 0.229 e. The minimum absolute atomic E-state index is 0.559. The Morgan fingerprint density at radius 3 is 2.60 bits per heavy atom. The Labute approximate surface area is 153 Å². The van der Waals surface area contributed by atoms with Gasteiger partial charge in [0.05, 0.1) is 0 Å². The third-order valence-electron chi connectivity index (χ3n) is 3.99. The topological polar surface area (TPSA) is 41.1 Å². The van der Waals surface area contributed by atoms with Crippen LogP contribution in [0.1, 0.15) is 18.1 Å². The van der Waals surface area contributed by atoms with Gasteiger partial charge in [0.1, 0.15) is 5.82 Å². The molecule has 0 fully saturated rings. The van der Waals surface area contributed by atoms with Crippen molar-refractivity contribution in [1.82, 2.24) is 9.97 Å². The van der Waals surface area contributed by atoms with Crippen LogP contribution in [-0.2, 0) is 6.54 Å². The van der Waals surface area contributed by atoms with Gasteiger partial charge in [-0.05, 0) is 43.2 Å². The van der Waals surface area contributed by atoms with Gasteiger partial charge in [0.2, 0.25) is 5.95 Å². The van der Waals surface area contributed by atoms with Crippen molar-refractivity contribution < 1.29 is 0 Å². The normalized spacial score (nSPS) is 10.5. The molecule has 0 aliphatic rings. The Balaban J connectivity index is 1.78. The van der Waals surface area contributed by atoms with E-state index in [9.17, 15) is 0 Å². The van der Waals surface area contributed by atoms with Gasteiger partial charge in [0.15, 0.2) is 0 Å². The molecule has 5 heteroatoms. The number of halogens is 1. The van der Waals surface area contributed by atoms with Gasteiger partial charge in [-0.25, -0.2) is 4.98 Å². The molecule has 3 rings (SSSR count). The van der Waals surface area contributed by atoms with E-state index in [-0.39, 0.29) is 0 Å². The van der Waals surface area contributed by atoms with Crippen molar-refractivity contribution in [2.24, 2.45) is 0 Å². The van der Waals surface area contributed by atoms with E-state index in [1.54, 1.807) is 6.20 Å². The van der Waals surface area contributed by atoms with E-state index in [1.165, 1.54) is 5.56 Å². The van der Waals surface area contributed by atoms with Crippen molar-refractivity contribution in [1.29, 1.82) is 0 Å². The van der Waals surface area contributed by atoms with Crippen LogP contribution >= 0.6 is 11.6 Å². The van der Waals surface area contributed by atoms with E-state index in [0.717, 1.165) is 35.2 Å². The van der Waals surface area contributed by atoms with Crippen LogP contribution in [0.4, 0.5) is 17.5 Å². The first-order chi connectivity index (χ1) is 12.2. The van der Waals surface area contributed by atoms with Gasteiger partial charge < -0.3 is 10.2 Å². The highest BCUT2D eigenvalue weighted by Crippen LogP contribution is 2.23. The van der Waals surface area contributed by atoms with E-state index in [2.05, 4.69) is 51.4 Å². The van der Waals surface area contributed by atoms with Crippen LogP contribution in [0.25, 0.3) is 0 Å². The average Bonchev–Trinajstić information content (AvgIpc) is 2.64. The largest absolute Gasteiger partial charge is 0.352 e. The molecule has 0 saturated heterocycles. The zero-order valence-electron chi connectivity index (χ0n) is 14.4. The molecule has 0 bridgehead atoms. The highest BCUT2D eigenvalue weighted by Gasteiger charge is 2.09. The van der Waals surface area contributed by atoms with Crippen molar-refractivity contribution in [3.63, 3.8) is 0 Å². The van der Waals surface area contributed by atoms with Gasteiger partial charge >= 0.3 is 0 Å². The van der Waals surface area contributed by atoms with E-state index in [1.807, 2.05) is 37.3 Å². The highest BCUT2D eigenvalue weighted by atomic mass is 35.5. The summed E-state index contributed by atoms with van der Waals surface area (Å²) < 4.78 is 0. The molecule has 0 aliphatic carbocycles. The van der Waals surface area contributed by atoms with Crippen LogP contribution < -0.4 is 10.2 Å². The van der Waals surface area contributed by atoms with Crippen LogP contribution in [0.3, 0.4) is 0 Å². The molecule has 0 unspecified atom stereocenters. The summed E-state index contributed by atoms with van der Waals surface area (Å²) in [6.07, 6.45) is 1.77. The lowest BCUT2D eigenvalue weighted by Gasteiger charge is -2.22. The lowest BCUT2D eigenvalue weighted by atomic mass is 10.2. The van der Waals surface area contributed by atoms with E-state index >= 15 is 0 Å². The Kier molecular flexibility index (Phi) is 5.51. The second-order valence-corrected chi connectivity index (χ2v) is 6.23. The van der Waals surface area contributed by atoms with Crippen LogP contribution in [0, 0.1) is 6.92 Å². The van der Waals surface area contributed by atoms with Gasteiger partial charge in [-0.2, -0.15) is 4.98 Å². The molecular weight excluding hydrogens is 332 g/mol. The van der Waals surface area contributed by atoms with E-state index in [0.29, 0.717) is 5.95 Å². The molecule has 0 aliphatic heterocycles. The number of hydrogen-bond acceptors (Lipinski definition) is 4. The zero-order valence-corrected chi connectivity index (χ0v) is 15.2. The second-order valence-electron chi connectivity index (χ2n) is 5.83. The summed E-state index contributed by atoms with van der Waals surface area (Å²) in [6, 6.07) is 18.1. The standard InChI is InChI=1S/C20H21ClN4/c1-3-25(14-16-7-5-4-6-8-16)19-11-12-22-20(24-19)23-17-10-9-15(2)18(21)13-17/h4-13H,3,14H2,1-2H3,(H,22,23,24). The lowest BCUT2D eigenvalue weighted by molar-refractivity contribution is 0.811. The van der Waals surface area contributed by atoms with E-state index in [4.69, 9.17) is 11.6 Å². The minimum Gasteiger partial charge on any atom is -0.352 e. The van der Waals surface area contributed by atoms with Crippen molar-refractivity contribution in [3.05, 3.63) is 76.9 Å². The van der Waals surface area contributed by atoms with Crippen molar-refractivity contribution >= 4 is 29.1 Å². The summed E-state index contributed by atoms with van der Waals surface area (Å²) in [5, 5.41) is 3.94. The predicted octanol–water partition coefficient (Wildman–Crippen LogP) is 5.21. The maximum Gasteiger partial charge on any atom is 0.229 e. The van der Waals surface area contributed by atoms with Crippen molar-refractivity contribution in [3.8, 4) is 0 Å². The number of aryl methyl sites for hydroxylation is 1. The number of hydrogen-bond donors (Lipinski definition) is 1. The molecule has 1 N–H and O–H groups in total. The monoisotopic (exact) mass is 352 g/mol. The van der Waals surface area contributed by atoms with Gasteiger partial charge in [-0.15, -0.1) is 0 Å². The number of anilines is 3. The number of nitrogens with zero attached hydrogens (tertiary/aromatic N) is 3. The first kappa shape index (κ1) is 17.2. The van der Waals surface area contributed by atoms with Crippen molar-refractivity contribution in [2.75, 3.05) is 16.8 Å². The maximum absolute atomic E-state index is 6.19. The summed E-state index contributed by atoms with van der Waals surface area (Å²) in [6.45, 7) is 5.77. The van der Waals surface area contributed by atoms with Crippen molar-refractivity contribution in [2.45, 2.75) is 20.4 Å². The third-order valence-corrected chi connectivity index (χ3v) is 4.40. The molecule has 0 atom stereocenters. The first-order valence-electron chi connectivity index (χ1n) is 8.31. The first-order valence-corrected chi connectivity index (χ1v) is 8.68. The van der Waals surface area contributed by atoms with Gasteiger partial charge in [0, 0.05) is 30.0 Å². The number of benzene rings is 2. The summed E-state index contributed by atoms with van der Waals surface area (Å²) >= 11 is 6.19. The fourth-order valence-electron chi connectivity index (χ4n) is 2.54.